The SMILES string of the molecule is Cc1nccn1Cc1c(O)c(Br)cc2c1cc(CS(=O)c1ccc(F)c(Cl)c1)n2C. The van der Waals surface area contributed by atoms with Crippen LogP contribution in [0, 0.1) is 12.7 Å². The lowest BCUT2D eigenvalue weighted by molar-refractivity contribution is 0.463. The number of hydrogen-bond donors (Lipinski definition) is 1. The van der Waals surface area contributed by atoms with Crippen molar-refractivity contribution in [3.05, 3.63) is 75.1 Å². The Balaban J connectivity index is 1.76. The molecule has 0 saturated carbocycles. The topological polar surface area (TPSA) is 60.0 Å². The maximum absolute atomic E-state index is 13.4. The number of fused-ring (bicyclic) bond motifs is 1. The Kier molecular flexibility index (Phi) is 5.74. The minimum absolute atomic E-state index is 0.0512. The fourth-order valence-electron chi connectivity index (χ4n) is 3.42. The van der Waals surface area contributed by atoms with E-state index in [1.165, 1.54) is 18.2 Å². The van der Waals surface area contributed by atoms with Crippen LogP contribution in [-0.2, 0) is 30.1 Å². The van der Waals surface area contributed by atoms with Gasteiger partial charge in [-0.25, -0.2) is 9.37 Å². The van der Waals surface area contributed by atoms with E-state index in [4.69, 9.17) is 11.6 Å². The van der Waals surface area contributed by atoms with Crippen molar-refractivity contribution < 1.29 is 13.7 Å². The smallest absolute Gasteiger partial charge is 0.141 e. The summed E-state index contributed by atoms with van der Waals surface area (Å²) in [6.07, 6.45) is 3.58. The van der Waals surface area contributed by atoms with Gasteiger partial charge < -0.3 is 14.2 Å². The van der Waals surface area contributed by atoms with Gasteiger partial charge in [0.25, 0.3) is 0 Å². The quantitative estimate of drug-likeness (QED) is 0.396. The average molecular weight is 511 g/mol. The second-order valence-electron chi connectivity index (χ2n) is 6.98. The zero-order valence-electron chi connectivity index (χ0n) is 16.2. The molecule has 2 aromatic carbocycles. The molecule has 156 valence electrons. The van der Waals surface area contributed by atoms with Crippen molar-refractivity contribution in [2.24, 2.45) is 7.05 Å². The number of phenols is 1. The van der Waals surface area contributed by atoms with Crippen molar-refractivity contribution in [3.63, 3.8) is 0 Å². The maximum atomic E-state index is 13.4. The van der Waals surface area contributed by atoms with Crippen LogP contribution in [0.5, 0.6) is 5.75 Å². The Labute approximate surface area is 188 Å². The minimum Gasteiger partial charge on any atom is -0.506 e. The summed E-state index contributed by atoms with van der Waals surface area (Å²) in [5, 5.41) is 11.5. The summed E-state index contributed by atoms with van der Waals surface area (Å²) in [5.74, 6) is 0.698. The first kappa shape index (κ1) is 21.1. The molecule has 0 aliphatic carbocycles. The van der Waals surface area contributed by atoms with E-state index in [9.17, 15) is 13.7 Å². The van der Waals surface area contributed by atoms with Gasteiger partial charge in [0.05, 0.1) is 32.6 Å². The molecule has 0 bridgehead atoms. The van der Waals surface area contributed by atoms with Gasteiger partial charge in [-0.05, 0) is 53.2 Å². The van der Waals surface area contributed by atoms with Gasteiger partial charge in [0, 0.05) is 46.5 Å². The van der Waals surface area contributed by atoms with E-state index >= 15 is 0 Å². The van der Waals surface area contributed by atoms with E-state index in [-0.39, 0.29) is 16.5 Å². The Bertz CT molecular complexity index is 1300. The molecule has 0 spiro atoms. The summed E-state index contributed by atoms with van der Waals surface area (Å²) >= 11 is 9.27. The third kappa shape index (κ3) is 3.79. The van der Waals surface area contributed by atoms with Crippen LogP contribution in [0.2, 0.25) is 5.02 Å². The van der Waals surface area contributed by atoms with Crippen LogP contribution in [0.1, 0.15) is 17.1 Å². The van der Waals surface area contributed by atoms with E-state index in [1.54, 1.807) is 6.20 Å². The number of phenolic OH excluding ortho intramolecular Hbond substituents is 1. The highest BCUT2D eigenvalue weighted by Gasteiger charge is 2.19. The predicted molar refractivity (Wildman–Crippen MR) is 120 cm³/mol. The van der Waals surface area contributed by atoms with Gasteiger partial charge in [-0.15, -0.1) is 0 Å². The van der Waals surface area contributed by atoms with Gasteiger partial charge in [0.15, 0.2) is 0 Å². The molecular weight excluding hydrogens is 493 g/mol. The van der Waals surface area contributed by atoms with Crippen molar-refractivity contribution in [2.45, 2.75) is 24.1 Å². The maximum Gasteiger partial charge on any atom is 0.141 e. The van der Waals surface area contributed by atoms with Gasteiger partial charge in [0.1, 0.15) is 17.4 Å². The molecule has 4 aromatic rings. The molecule has 9 heteroatoms. The van der Waals surface area contributed by atoms with Crippen LogP contribution in [0.25, 0.3) is 10.9 Å². The number of benzene rings is 2. The zero-order valence-corrected chi connectivity index (χ0v) is 19.4. The summed E-state index contributed by atoms with van der Waals surface area (Å²) in [7, 11) is 0.487. The molecule has 30 heavy (non-hydrogen) atoms. The average Bonchev–Trinajstić information content (AvgIpc) is 3.25. The highest BCUT2D eigenvalue weighted by atomic mass is 79.9. The molecule has 1 unspecified atom stereocenters. The summed E-state index contributed by atoms with van der Waals surface area (Å²) in [5.41, 5.74) is 2.47. The van der Waals surface area contributed by atoms with E-state index in [0.717, 1.165) is 28.0 Å². The first-order valence-electron chi connectivity index (χ1n) is 9.06. The molecule has 0 aliphatic heterocycles. The first-order chi connectivity index (χ1) is 14.3. The molecular formula is C21H18BrClFN3O2S. The van der Waals surface area contributed by atoms with Gasteiger partial charge in [-0.3, -0.25) is 4.21 Å². The molecule has 0 fully saturated rings. The third-order valence-corrected chi connectivity index (χ3v) is 7.40. The number of aromatic hydroxyl groups is 1. The van der Waals surface area contributed by atoms with Crippen molar-refractivity contribution in [1.29, 1.82) is 0 Å². The number of halogens is 3. The van der Waals surface area contributed by atoms with Gasteiger partial charge in [-0.2, -0.15) is 0 Å². The lowest BCUT2D eigenvalue weighted by Gasteiger charge is -2.11. The molecule has 0 amide bonds. The highest BCUT2D eigenvalue weighted by Crippen LogP contribution is 2.37. The monoisotopic (exact) mass is 509 g/mol. The number of aromatic nitrogens is 3. The Morgan fingerprint density at radius 2 is 2.07 bits per heavy atom. The largest absolute Gasteiger partial charge is 0.506 e. The lowest BCUT2D eigenvalue weighted by atomic mass is 10.1. The fourth-order valence-corrected chi connectivity index (χ4v) is 5.31. The van der Waals surface area contributed by atoms with Crippen LogP contribution in [-0.4, -0.2) is 23.4 Å². The van der Waals surface area contributed by atoms with Crippen molar-refractivity contribution >= 4 is 49.2 Å². The third-order valence-electron chi connectivity index (χ3n) is 5.16. The highest BCUT2D eigenvalue weighted by molar-refractivity contribution is 9.10. The van der Waals surface area contributed by atoms with Crippen LogP contribution < -0.4 is 0 Å². The first-order valence-corrected chi connectivity index (χ1v) is 11.5. The summed E-state index contributed by atoms with van der Waals surface area (Å²) in [6, 6.07) is 7.88. The van der Waals surface area contributed by atoms with Crippen molar-refractivity contribution in [3.8, 4) is 5.75 Å². The molecule has 1 N–H and O–H groups in total. The van der Waals surface area contributed by atoms with Crippen LogP contribution in [0.3, 0.4) is 0 Å². The molecule has 2 aromatic heterocycles. The molecule has 4 rings (SSSR count). The lowest BCUT2D eigenvalue weighted by Crippen LogP contribution is -2.03. The Morgan fingerprint density at radius 1 is 1.30 bits per heavy atom. The van der Waals surface area contributed by atoms with Gasteiger partial charge in [-0.1, -0.05) is 11.6 Å². The fraction of sp³-hybridized carbons (Fsp3) is 0.190. The van der Waals surface area contributed by atoms with E-state index in [1.807, 2.05) is 41.4 Å². The molecule has 2 heterocycles. The molecule has 0 saturated heterocycles. The normalized spacial score (nSPS) is 12.6. The van der Waals surface area contributed by atoms with Gasteiger partial charge >= 0.3 is 0 Å². The summed E-state index contributed by atoms with van der Waals surface area (Å²) in [4.78, 5) is 4.70. The Morgan fingerprint density at radius 3 is 2.73 bits per heavy atom. The molecule has 5 nitrogen and oxygen atoms in total. The number of rotatable bonds is 5. The van der Waals surface area contributed by atoms with E-state index in [0.29, 0.717) is 15.9 Å². The number of nitrogens with zero attached hydrogens (tertiary/aromatic N) is 3. The zero-order chi connectivity index (χ0) is 21.6. The summed E-state index contributed by atoms with van der Waals surface area (Å²) in [6.45, 7) is 2.35. The Hall–Kier alpha value is -2.16. The molecule has 0 radical (unpaired) electrons. The van der Waals surface area contributed by atoms with Crippen LogP contribution in [0.15, 0.2) is 52.1 Å². The van der Waals surface area contributed by atoms with Crippen LogP contribution in [0.4, 0.5) is 4.39 Å². The van der Waals surface area contributed by atoms with Crippen molar-refractivity contribution in [2.75, 3.05) is 0 Å². The van der Waals surface area contributed by atoms with E-state index < -0.39 is 16.6 Å². The van der Waals surface area contributed by atoms with Gasteiger partial charge in [0.2, 0.25) is 0 Å². The number of imidazole rings is 1. The second-order valence-corrected chi connectivity index (χ2v) is 9.69. The predicted octanol–water partition coefficient (Wildman–Crippen LogP) is 5.30. The standard InChI is InChI=1S/C21H18BrClFN3O2S/c1-12-25-5-6-27(12)10-16-15-7-13(26(2)20(15)9-17(22)21(16)28)11-30(29)14-3-4-19(24)18(23)8-14/h3-9,28H,10-11H2,1-2H3. The number of hydrogen-bond acceptors (Lipinski definition) is 3. The summed E-state index contributed by atoms with van der Waals surface area (Å²) < 4.78 is 30.8. The minimum atomic E-state index is -1.40. The molecule has 0 aliphatic rings. The molecule has 1 atom stereocenters. The van der Waals surface area contributed by atoms with E-state index in [2.05, 4.69) is 20.9 Å². The van der Waals surface area contributed by atoms with Crippen LogP contribution >= 0.6 is 27.5 Å². The van der Waals surface area contributed by atoms with Crippen molar-refractivity contribution in [1.82, 2.24) is 14.1 Å². The second kappa shape index (κ2) is 8.17. The number of aryl methyl sites for hydroxylation is 2.